The zero-order valence-electron chi connectivity index (χ0n) is 2.09. The van der Waals surface area contributed by atoms with Gasteiger partial charge in [-0.3, -0.25) is 0 Å². The van der Waals surface area contributed by atoms with Crippen LogP contribution in [0.25, 0.3) is 0 Å². The Hall–Kier alpha value is 1.42. The van der Waals surface area contributed by atoms with Gasteiger partial charge in [0.25, 0.3) is 0 Å². The second-order valence-electron chi connectivity index (χ2n) is 0.495. The van der Waals surface area contributed by atoms with E-state index in [4.69, 9.17) is 0 Å². The predicted octanol–water partition coefficient (Wildman–Crippen LogP) is 1.03. The fourth-order valence-corrected chi connectivity index (χ4v) is 0. The minimum atomic E-state index is -7.26. The van der Waals surface area contributed by atoms with Gasteiger partial charge in [-0.2, -0.15) is 0 Å². The summed E-state index contributed by atoms with van der Waals surface area (Å²) in [6.45, 7) is 0. The molecule has 0 atom stereocenters. The van der Waals surface area contributed by atoms with Crippen LogP contribution in [0.15, 0.2) is 0 Å². The zero-order valence-corrected chi connectivity index (χ0v) is 4.93. The molecule has 0 spiro atoms. The molecule has 0 aliphatic carbocycles. The van der Waals surface area contributed by atoms with Crippen LogP contribution in [-0.2, 0) is 28.5 Å². The Morgan fingerprint density at radius 2 is 0.833 bits per heavy atom. The van der Waals surface area contributed by atoms with Crippen molar-refractivity contribution in [2.24, 2.45) is 0 Å². The Labute approximate surface area is 54.7 Å². The summed E-state index contributed by atoms with van der Waals surface area (Å²) >= 11 is -7.26. The Bertz CT molecular complexity index is 23.0. The van der Waals surface area contributed by atoms with E-state index < -0.39 is 28.5 Å². The summed E-state index contributed by atoms with van der Waals surface area (Å²) in [5.74, 6) is 0. The number of rotatable bonds is 0. The van der Waals surface area contributed by atoms with Gasteiger partial charge >= 0.3 is 55.1 Å². The Morgan fingerprint density at radius 3 is 0.833 bits per heavy atom. The summed E-state index contributed by atoms with van der Waals surface area (Å²) in [5.41, 5.74) is 0. The summed E-state index contributed by atoms with van der Waals surface area (Å²) in [5, 5.41) is 0. The Morgan fingerprint density at radius 1 is 0.833 bits per heavy atom. The van der Waals surface area contributed by atoms with Gasteiger partial charge in [0.15, 0.2) is 0 Å². The predicted molar refractivity (Wildman–Crippen MR) is 11.6 cm³/mol. The van der Waals surface area contributed by atoms with E-state index in [9.17, 15) is 7.70 Å². The normalized spacial score (nSPS) is 10.0. The van der Waals surface area contributed by atoms with Crippen molar-refractivity contribution in [3.05, 3.63) is 0 Å². The van der Waals surface area contributed by atoms with Crippen LogP contribution < -0.4 is 0 Å². The van der Waals surface area contributed by atoms with E-state index in [1.165, 1.54) is 0 Å². The van der Waals surface area contributed by atoms with Crippen molar-refractivity contribution >= 4 is 18.9 Å². The molecule has 0 saturated carbocycles. The fraction of sp³-hybridized carbons (Fsp3) is 0. The molecule has 0 saturated heterocycles. The van der Waals surface area contributed by atoms with E-state index in [1.807, 2.05) is 0 Å². The maximum atomic E-state index is 9.91. The molecule has 0 nitrogen and oxygen atoms in total. The molecule has 0 aromatic carbocycles. The SMILES string of the molecule is [F][Y]([F])([F])[F].[LiH]. The third-order valence-corrected chi connectivity index (χ3v) is 0. The second-order valence-corrected chi connectivity index (χ2v) is 2.93. The van der Waals surface area contributed by atoms with E-state index in [-0.39, 0.29) is 18.9 Å². The van der Waals surface area contributed by atoms with Crippen molar-refractivity contribution < 1.29 is 36.2 Å². The third-order valence-electron chi connectivity index (χ3n) is 0. The molecule has 0 N–H and O–H groups in total. The van der Waals surface area contributed by atoms with E-state index in [0.717, 1.165) is 0 Å². The maximum absolute atomic E-state index is 9.91. The monoisotopic (exact) mass is 173 g/mol. The van der Waals surface area contributed by atoms with Crippen LogP contribution >= 0.6 is 0 Å². The van der Waals surface area contributed by atoms with Crippen molar-refractivity contribution in [2.75, 3.05) is 0 Å². The first-order valence-electron chi connectivity index (χ1n) is 0.873. The summed E-state index contributed by atoms with van der Waals surface area (Å²) in [6.07, 6.45) is 0. The molecular weight excluding hydrogens is 172 g/mol. The second kappa shape index (κ2) is 3.43. The van der Waals surface area contributed by atoms with E-state index in [0.29, 0.717) is 0 Å². The van der Waals surface area contributed by atoms with Gasteiger partial charge in [0, 0.05) is 0 Å². The first-order valence-corrected chi connectivity index (χ1v) is 5.16. The molecule has 0 aromatic heterocycles. The zero-order chi connectivity index (χ0) is 4.50. The summed E-state index contributed by atoms with van der Waals surface area (Å²) in [4.78, 5) is 0. The van der Waals surface area contributed by atoms with Crippen LogP contribution in [0.3, 0.4) is 0 Å². The van der Waals surface area contributed by atoms with Gasteiger partial charge in [0.05, 0.1) is 0 Å². The van der Waals surface area contributed by atoms with E-state index >= 15 is 0 Å². The summed E-state index contributed by atoms with van der Waals surface area (Å²) < 4.78 is 39.6. The van der Waals surface area contributed by atoms with Gasteiger partial charge in [0.2, 0.25) is 0 Å². The molecule has 6 heteroatoms. The number of hydrogen-bond acceptors (Lipinski definition) is 0. The van der Waals surface area contributed by atoms with Crippen LogP contribution in [0.4, 0.5) is 7.70 Å². The molecule has 6 heavy (non-hydrogen) atoms. The van der Waals surface area contributed by atoms with Crippen molar-refractivity contribution in [1.82, 2.24) is 0 Å². The number of hydrogen-bond donors (Lipinski definition) is 0. The van der Waals surface area contributed by atoms with Gasteiger partial charge in [-0.1, -0.05) is 0 Å². The van der Waals surface area contributed by atoms with Crippen molar-refractivity contribution in [1.29, 1.82) is 0 Å². The molecule has 0 bridgehead atoms. The van der Waals surface area contributed by atoms with Crippen LogP contribution in [0, 0.1) is 0 Å². The molecule has 0 rings (SSSR count). The van der Waals surface area contributed by atoms with Crippen LogP contribution in [-0.4, -0.2) is 18.9 Å². The van der Waals surface area contributed by atoms with Gasteiger partial charge in [-0.15, -0.1) is 0 Å². The fourth-order valence-electron chi connectivity index (χ4n) is 0. The summed E-state index contributed by atoms with van der Waals surface area (Å²) in [7, 11) is 0. The molecule has 0 heterocycles. The molecule has 0 aliphatic heterocycles. The van der Waals surface area contributed by atoms with Crippen LogP contribution in [0.2, 0.25) is 0 Å². The van der Waals surface area contributed by atoms with Gasteiger partial charge in [-0.25, -0.2) is 0 Å². The first-order chi connectivity index (χ1) is 2.00. The molecule has 0 aliphatic rings. The average Bonchev–Trinajstić information content (AvgIpc) is 0.722. The first kappa shape index (κ1) is 10.4. The minimum absolute atomic E-state index is 0. The van der Waals surface area contributed by atoms with E-state index in [2.05, 4.69) is 0 Å². The van der Waals surface area contributed by atoms with Crippen LogP contribution in [0.1, 0.15) is 0 Å². The van der Waals surface area contributed by atoms with E-state index in [1.54, 1.807) is 0 Å². The molecule has 0 unspecified atom stereocenters. The standard InChI is InChI=1S/4FH.Li.Y.H/h4*1H;;;/q;;;;;+4;/p-4. The molecule has 0 fully saturated rings. The number of halogens is 4. The van der Waals surface area contributed by atoms with Crippen molar-refractivity contribution in [2.45, 2.75) is 0 Å². The molecule has 0 radical (unpaired) electrons. The molecule has 33 valence electrons. The Kier molecular flexibility index (Phi) is 5.95. The molecular formula is HF4LiY. The Balaban J connectivity index is 0. The molecule has 0 aromatic rings. The van der Waals surface area contributed by atoms with Gasteiger partial charge in [-0.05, 0) is 0 Å². The average molecular weight is 173 g/mol. The van der Waals surface area contributed by atoms with Crippen molar-refractivity contribution in [3.63, 3.8) is 0 Å². The summed E-state index contributed by atoms with van der Waals surface area (Å²) in [6, 6.07) is 0. The third kappa shape index (κ3) is 52.5. The van der Waals surface area contributed by atoms with Gasteiger partial charge in [0.1, 0.15) is 0 Å². The topological polar surface area (TPSA) is 0 Å². The quantitative estimate of drug-likeness (QED) is 0.379. The van der Waals surface area contributed by atoms with Crippen molar-refractivity contribution in [3.8, 4) is 0 Å². The van der Waals surface area contributed by atoms with Gasteiger partial charge < -0.3 is 0 Å². The van der Waals surface area contributed by atoms with Crippen LogP contribution in [0.5, 0.6) is 0 Å². The molecule has 0 amide bonds.